The van der Waals surface area contributed by atoms with Crippen molar-refractivity contribution in [1.29, 1.82) is 0 Å². The van der Waals surface area contributed by atoms with Crippen LogP contribution in [-0.2, 0) is 12.8 Å². The van der Waals surface area contributed by atoms with Crippen LogP contribution in [0.25, 0.3) is 10.1 Å². The van der Waals surface area contributed by atoms with E-state index in [1.54, 1.807) is 0 Å². The number of fused-ring (bicyclic) bond motifs is 1. The largest absolute Gasteiger partial charge is 0.309 e. The van der Waals surface area contributed by atoms with Crippen LogP contribution in [0.2, 0.25) is 0 Å². The van der Waals surface area contributed by atoms with Crippen LogP contribution in [-0.4, -0.2) is 6.54 Å². The van der Waals surface area contributed by atoms with E-state index in [-0.39, 0.29) is 0 Å². The number of rotatable bonds is 6. The second-order valence-corrected chi connectivity index (χ2v) is 7.09. The molecule has 0 radical (unpaired) electrons. The molecule has 0 saturated heterocycles. The van der Waals surface area contributed by atoms with Crippen LogP contribution in [0.5, 0.6) is 0 Å². The zero-order valence-electron chi connectivity index (χ0n) is 12.6. The van der Waals surface area contributed by atoms with Gasteiger partial charge in [0.2, 0.25) is 0 Å². The van der Waals surface area contributed by atoms with Crippen molar-refractivity contribution in [3.63, 3.8) is 0 Å². The smallest absolute Gasteiger partial charge is 0.0458 e. The predicted octanol–water partition coefficient (Wildman–Crippen LogP) is 5.42. The van der Waals surface area contributed by atoms with Gasteiger partial charge >= 0.3 is 0 Å². The number of aryl methyl sites for hydroxylation is 1. The van der Waals surface area contributed by atoms with Crippen molar-refractivity contribution in [3.8, 4) is 0 Å². The highest BCUT2D eigenvalue weighted by Crippen LogP contribution is 2.32. The topological polar surface area (TPSA) is 12.0 Å². The van der Waals surface area contributed by atoms with E-state index in [0.717, 1.165) is 19.4 Å². The first-order valence-corrected chi connectivity index (χ1v) is 9.34. The highest BCUT2D eigenvalue weighted by Gasteiger charge is 2.17. The molecule has 1 N–H and O–H groups in total. The number of benzene rings is 1. The zero-order chi connectivity index (χ0) is 14.7. The number of hydrogen-bond acceptors (Lipinski definition) is 3. The number of nitrogens with one attached hydrogen (secondary N) is 1. The average Bonchev–Trinajstić information content (AvgIpc) is 3.13. The Hall–Kier alpha value is -1.16. The molecular weight excluding hydrogens is 294 g/mol. The van der Waals surface area contributed by atoms with Crippen LogP contribution in [0.4, 0.5) is 0 Å². The van der Waals surface area contributed by atoms with E-state index in [1.165, 1.54) is 26.1 Å². The minimum atomic E-state index is 0.433. The van der Waals surface area contributed by atoms with Gasteiger partial charge in [0.05, 0.1) is 0 Å². The predicted molar refractivity (Wildman–Crippen MR) is 95.6 cm³/mol. The molecule has 110 valence electrons. The summed E-state index contributed by atoms with van der Waals surface area (Å²) in [5, 5.41) is 9.65. The molecule has 0 aliphatic heterocycles. The van der Waals surface area contributed by atoms with E-state index in [9.17, 15) is 0 Å². The standard InChI is InChI=1S/C18H21NS2/c1-3-13-9-10-20-18(13)16(19-4-2)11-14-12-21-17-8-6-5-7-15(14)17/h5-10,12,16,19H,3-4,11H2,1-2H3. The first-order valence-electron chi connectivity index (χ1n) is 7.58. The summed E-state index contributed by atoms with van der Waals surface area (Å²) in [6, 6.07) is 11.4. The fourth-order valence-corrected chi connectivity index (χ4v) is 4.91. The van der Waals surface area contributed by atoms with Crippen LogP contribution in [0.15, 0.2) is 41.1 Å². The Morgan fingerprint density at radius 3 is 2.71 bits per heavy atom. The van der Waals surface area contributed by atoms with E-state index in [2.05, 4.69) is 60.3 Å². The zero-order valence-corrected chi connectivity index (χ0v) is 14.2. The molecule has 0 fully saturated rings. The Labute approximate surface area is 134 Å². The number of thiophene rings is 2. The third-order valence-corrected chi connectivity index (χ3v) is 6.00. The number of hydrogen-bond donors (Lipinski definition) is 1. The lowest BCUT2D eigenvalue weighted by Crippen LogP contribution is -2.22. The molecule has 0 saturated carbocycles. The van der Waals surface area contributed by atoms with Gasteiger partial charge in [0.25, 0.3) is 0 Å². The van der Waals surface area contributed by atoms with Crippen molar-refractivity contribution >= 4 is 32.8 Å². The Balaban J connectivity index is 1.92. The van der Waals surface area contributed by atoms with Crippen LogP contribution in [0.1, 0.15) is 35.9 Å². The Morgan fingerprint density at radius 1 is 1.05 bits per heavy atom. The highest BCUT2D eigenvalue weighted by molar-refractivity contribution is 7.17. The SMILES string of the molecule is CCNC(Cc1csc2ccccc12)c1sccc1CC. The van der Waals surface area contributed by atoms with Crippen LogP contribution in [0.3, 0.4) is 0 Å². The normalized spacial score (nSPS) is 12.9. The van der Waals surface area contributed by atoms with Crippen molar-refractivity contribution in [1.82, 2.24) is 5.32 Å². The summed E-state index contributed by atoms with van der Waals surface area (Å²) in [5.41, 5.74) is 2.96. The molecule has 2 aromatic heterocycles. The lowest BCUT2D eigenvalue weighted by molar-refractivity contribution is 0.557. The van der Waals surface area contributed by atoms with Crippen molar-refractivity contribution in [3.05, 3.63) is 57.1 Å². The molecule has 1 nitrogen and oxygen atoms in total. The van der Waals surface area contributed by atoms with Gasteiger partial charge in [0, 0.05) is 15.6 Å². The minimum absolute atomic E-state index is 0.433. The van der Waals surface area contributed by atoms with Crippen LogP contribution in [0, 0.1) is 0 Å². The molecule has 3 heteroatoms. The molecule has 3 rings (SSSR count). The maximum Gasteiger partial charge on any atom is 0.0458 e. The summed E-state index contributed by atoms with van der Waals surface area (Å²) in [5.74, 6) is 0. The molecule has 0 aliphatic carbocycles. The molecule has 1 atom stereocenters. The van der Waals surface area contributed by atoms with Crippen LogP contribution < -0.4 is 5.32 Å². The van der Waals surface area contributed by atoms with Gasteiger partial charge in [-0.05, 0) is 58.8 Å². The first kappa shape index (κ1) is 14.8. The summed E-state index contributed by atoms with van der Waals surface area (Å²) in [6.07, 6.45) is 2.19. The van der Waals surface area contributed by atoms with E-state index in [1.807, 2.05) is 22.7 Å². The van der Waals surface area contributed by atoms with Gasteiger partial charge in [0.1, 0.15) is 0 Å². The average molecular weight is 316 g/mol. The lowest BCUT2D eigenvalue weighted by Gasteiger charge is -2.18. The Morgan fingerprint density at radius 2 is 1.90 bits per heavy atom. The highest BCUT2D eigenvalue weighted by atomic mass is 32.1. The van der Waals surface area contributed by atoms with Gasteiger partial charge < -0.3 is 5.32 Å². The third-order valence-electron chi connectivity index (χ3n) is 3.91. The minimum Gasteiger partial charge on any atom is -0.309 e. The second kappa shape index (κ2) is 6.73. The summed E-state index contributed by atoms with van der Waals surface area (Å²) in [6.45, 7) is 5.44. The van der Waals surface area contributed by atoms with E-state index < -0.39 is 0 Å². The van der Waals surface area contributed by atoms with Gasteiger partial charge in [-0.1, -0.05) is 32.0 Å². The molecule has 0 aliphatic rings. The second-order valence-electron chi connectivity index (χ2n) is 5.24. The van der Waals surface area contributed by atoms with Gasteiger partial charge in [-0.2, -0.15) is 0 Å². The van der Waals surface area contributed by atoms with Gasteiger partial charge in [-0.3, -0.25) is 0 Å². The molecule has 1 unspecified atom stereocenters. The molecule has 0 spiro atoms. The van der Waals surface area contributed by atoms with E-state index in [4.69, 9.17) is 0 Å². The third kappa shape index (κ3) is 3.05. The van der Waals surface area contributed by atoms with E-state index in [0.29, 0.717) is 6.04 Å². The van der Waals surface area contributed by atoms with Crippen molar-refractivity contribution in [2.75, 3.05) is 6.54 Å². The quantitative estimate of drug-likeness (QED) is 0.640. The Kier molecular flexibility index (Phi) is 4.73. The Bertz CT molecular complexity index is 711. The van der Waals surface area contributed by atoms with Gasteiger partial charge in [-0.25, -0.2) is 0 Å². The van der Waals surface area contributed by atoms with Crippen molar-refractivity contribution < 1.29 is 0 Å². The fourth-order valence-electron chi connectivity index (χ4n) is 2.86. The maximum absolute atomic E-state index is 3.68. The molecule has 21 heavy (non-hydrogen) atoms. The van der Waals surface area contributed by atoms with Gasteiger partial charge in [0.15, 0.2) is 0 Å². The summed E-state index contributed by atoms with van der Waals surface area (Å²) < 4.78 is 1.39. The first-order chi connectivity index (χ1) is 10.3. The number of likely N-dealkylation sites (N-methyl/N-ethyl adjacent to an activating group) is 1. The van der Waals surface area contributed by atoms with Gasteiger partial charge in [-0.15, -0.1) is 22.7 Å². The molecular formula is C18H21NS2. The maximum atomic E-state index is 3.68. The molecule has 3 aromatic rings. The van der Waals surface area contributed by atoms with Crippen LogP contribution >= 0.6 is 22.7 Å². The summed E-state index contributed by atoms with van der Waals surface area (Å²) >= 11 is 3.75. The lowest BCUT2D eigenvalue weighted by atomic mass is 10.0. The molecule has 1 aromatic carbocycles. The monoisotopic (exact) mass is 315 g/mol. The molecule has 2 heterocycles. The van der Waals surface area contributed by atoms with Crippen molar-refractivity contribution in [2.45, 2.75) is 32.7 Å². The van der Waals surface area contributed by atoms with E-state index >= 15 is 0 Å². The fraction of sp³-hybridized carbons (Fsp3) is 0.333. The summed E-state index contributed by atoms with van der Waals surface area (Å²) in [4.78, 5) is 1.51. The van der Waals surface area contributed by atoms with Crippen molar-refractivity contribution in [2.24, 2.45) is 0 Å². The summed E-state index contributed by atoms with van der Waals surface area (Å²) in [7, 11) is 0. The molecule has 0 bridgehead atoms. The molecule has 0 amide bonds.